The van der Waals surface area contributed by atoms with Crippen LogP contribution in [0.15, 0.2) is 29.8 Å². The van der Waals surface area contributed by atoms with Crippen LogP contribution in [0.25, 0.3) is 0 Å². The van der Waals surface area contributed by atoms with Crippen LogP contribution in [-0.2, 0) is 6.54 Å². The Balaban J connectivity index is 2.71. The van der Waals surface area contributed by atoms with E-state index in [1.807, 2.05) is 0 Å². The fourth-order valence-corrected chi connectivity index (χ4v) is 1.08. The van der Waals surface area contributed by atoms with Crippen LogP contribution in [0.5, 0.6) is 5.75 Å². The van der Waals surface area contributed by atoms with Gasteiger partial charge < -0.3 is 10.5 Å². The van der Waals surface area contributed by atoms with Gasteiger partial charge in [0.25, 0.3) is 0 Å². The molecule has 0 saturated heterocycles. The summed E-state index contributed by atoms with van der Waals surface area (Å²) >= 11 is 5.30. The van der Waals surface area contributed by atoms with Gasteiger partial charge >= 0.3 is 0 Å². The summed E-state index contributed by atoms with van der Waals surface area (Å²) in [5, 5.41) is 0. The Morgan fingerprint density at radius 1 is 1.43 bits per heavy atom. The van der Waals surface area contributed by atoms with Gasteiger partial charge in [0.15, 0.2) is 0 Å². The van der Waals surface area contributed by atoms with E-state index in [1.165, 1.54) is 17.7 Å². The quantitative estimate of drug-likeness (QED) is 0.837. The molecule has 0 aromatic heterocycles. The predicted octanol–water partition coefficient (Wildman–Crippen LogP) is 2.42. The molecule has 0 heterocycles. The first kappa shape index (κ1) is 11.0. The second-order valence-corrected chi connectivity index (χ2v) is 2.92. The maximum absolute atomic E-state index is 12.9. The minimum absolute atomic E-state index is 0.291. The Morgan fingerprint density at radius 2 is 2.21 bits per heavy atom. The third-order valence-electron chi connectivity index (χ3n) is 1.60. The van der Waals surface area contributed by atoms with E-state index >= 15 is 0 Å². The molecular weight excluding hydrogens is 205 g/mol. The second kappa shape index (κ2) is 5.62. The summed E-state index contributed by atoms with van der Waals surface area (Å²) in [6, 6.07) is 4.39. The van der Waals surface area contributed by atoms with Crippen LogP contribution in [0.2, 0.25) is 0 Å². The topological polar surface area (TPSA) is 35.2 Å². The largest absolute Gasteiger partial charge is 0.489 e. The summed E-state index contributed by atoms with van der Waals surface area (Å²) in [7, 11) is 0. The molecule has 0 aliphatic carbocycles. The van der Waals surface area contributed by atoms with Crippen LogP contribution >= 0.6 is 11.6 Å². The number of ether oxygens (including phenoxy) is 1. The van der Waals surface area contributed by atoms with E-state index in [0.717, 1.165) is 0 Å². The van der Waals surface area contributed by atoms with Crippen molar-refractivity contribution in [3.8, 4) is 5.75 Å². The van der Waals surface area contributed by atoms with Gasteiger partial charge in [-0.1, -0.05) is 11.6 Å². The van der Waals surface area contributed by atoms with E-state index < -0.39 is 0 Å². The Morgan fingerprint density at radius 3 is 2.86 bits per heavy atom. The summed E-state index contributed by atoms with van der Waals surface area (Å²) in [5.41, 5.74) is 7.44. The molecule has 0 amide bonds. The van der Waals surface area contributed by atoms with Gasteiger partial charge in [0.2, 0.25) is 0 Å². The molecule has 0 fully saturated rings. The minimum atomic E-state index is -0.349. The number of benzene rings is 1. The number of nitrogens with two attached hydrogens (primary N) is 1. The van der Waals surface area contributed by atoms with Gasteiger partial charge in [0, 0.05) is 18.1 Å². The fourth-order valence-electron chi connectivity index (χ4n) is 1.00. The first-order valence-corrected chi connectivity index (χ1v) is 4.57. The van der Waals surface area contributed by atoms with Gasteiger partial charge in [0.1, 0.15) is 18.2 Å². The molecule has 0 spiro atoms. The van der Waals surface area contributed by atoms with Crippen molar-refractivity contribution in [3.63, 3.8) is 0 Å². The monoisotopic (exact) mass is 215 g/mol. The van der Waals surface area contributed by atoms with Crippen molar-refractivity contribution in [2.75, 3.05) is 6.61 Å². The first-order valence-electron chi connectivity index (χ1n) is 4.14. The Hall–Kier alpha value is -1.06. The van der Waals surface area contributed by atoms with Gasteiger partial charge in [0.05, 0.1) is 0 Å². The van der Waals surface area contributed by atoms with Crippen molar-refractivity contribution in [1.29, 1.82) is 0 Å². The van der Waals surface area contributed by atoms with Crippen LogP contribution in [0.1, 0.15) is 5.56 Å². The Labute approximate surface area is 87.1 Å². The van der Waals surface area contributed by atoms with Gasteiger partial charge in [-0.2, -0.15) is 0 Å². The first-order chi connectivity index (χ1) is 6.76. The number of hydrogen-bond acceptors (Lipinski definition) is 2. The Kier molecular flexibility index (Phi) is 4.43. The maximum Gasteiger partial charge on any atom is 0.127 e. The van der Waals surface area contributed by atoms with Crippen molar-refractivity contribution in [1.82, 2.24) is 0 Å². The standard InChI is InChI=1S/C10H11ClFNO/c11-2-1-3-14-10-5-8(7-13)4-9(12)6-10/h1-2,4-6H,3,7,13H2/b2-1+. The SMILES string of the molecule is NCc1cc(F)cc(OC/C=C/Cl)c1. The van der Waals surface area contributed by atoms with Crippen LogP contribution < -0.4 is 10.5 Å². The van der Waals surface area contributed by atoms with Gasteiger partial charge in [-0.15, -0.1) is 0 Å². The predicted molar refractivity (Wildman–Crippen MR) is 54.8 cm³/mol. The molecule has 76 valence electrons. The summed E-state index contributed by atoms with van der Waals surface area (Å²) in [4.78, 5) is 0. The van der Waals surface area contributed by atoms with Crippen LogP contribution in [-0.4, -0.2) is 6.61 Å². The van der Waals surface area contributed by atoms with Crippen molar-refractivity contribution < 1.29 is 9.13 Å². The zero-order valence-corrected chi connectivity index (χ0v) is 8.30. The molecule has 4 heteroatoms. The molecule has 0 unspecified atom stereocenters. The number of hydrogen-bond donors (Lipinski definition) is 1. The highest BCUT2D eigenvalue weighted by molar-refractivity contribution is 6.25. The minimum Gasteiger partial charge on any atom is -0.489 e. The highest BCUT2D eigenvalue weighted by Gasteiger charge is 1.99. The average Bonchev–Trinajstić information content (AvgIpc) is 2.17. The van der Waals surface area contributed by atoms with Crippen LogP contribution in [0.3, 0.4) is 0 Å². The molecule has 1 aromatic rings. The lowest BCUT2D eigenvalue weighted by atomic mass is 10.2. The van der Waals surface area contributed by atoms with E-state index in [2.05, 4.69) is 0 Å². The van der Waals surface area contributed by atoms with E-state index in [4.69, 9.17) is 22.1 Å². The van der Waals surface area contributed by atoms with E-state index in [1.54, 1.807) is 12.1 Å². The highest BCUT2D eigenvalue weighted by Crippen LogP contribution is 2.16. The van der Waals surface area contributed by atoms with Gasteiger partial charge in [-0.05, 0) is 23.8 Å². The molecule has 2 nitrogen and oxygen atoms in total. The molecule has 0 aliphatic heterocycles. The molecule has 1 rings (SSSR count). The molecule has 0 bridgehead atoms. The van der Waals surface area contributed by atoms with Crippen LogP contribution in [0.4, 0.5) is 4.39 Å². The lowest BCUT2D eigenvalue weighted by Crippen LogP contribution is -1.99. The van der Waals surface area contributed by atoms with E-state index in [0.29, 0.717) is 24.5 Å². The molecule has 0 atom stereocenters. The highest BCUT2D eigenvalue weighted by atomic mass is 35.5. The molecule has 2 N–H and O–H groups in total. The fraction of sp³-hybridized carbons (Fsp3) is 0.200. The second-order valence-electron chi connectivity index (χ2n) is 2.67. The normalized spacial score (nSPS) is 10.8. The number of halogens is 2. The van der Waals surface area contributed by atoms with Crippen molar-refractivity contribution >= 4 is 11.6 Å². The van der Waals surface area contributed by atoms with Crippen molar-refractivity contribution in [2.45, 2.75) is 6.54 Å². The molecule has 0 radical (unpaired) electrons. The van der Waals surface area contributed by atoms with Crippen LogP contribution in [0, 0.1) is 5.82 Å². The zero-order valence-electron chi connectivity index (χ0n) is 7.54. The average molecular weight is 216 g/mol. The van der Waals surface area contributed by atoms with Crippen molar-refractivity contribution in [3.05, 3.63) is 41.2 Å². The maximum atomic E-state index is 12.9. The zero-order chi connectivity index (χ0) is 10.4. The lowest BCUT2D eigenvalue weighted by molar-refractivity contribution is 0.360. The number of rotatable bonds is 4. The third-order valence-corrected chi connectivity index (χ3v) is 1.78. The molecule has 0 saturated carbocycles. The van der Waals surface area contributed by atoms with Crippen molar-refractivity contribution in [2.24, 2.45) is 5.73 Å². The summed E-state index contributed by atoms with van der Waals surface area (Å²) in [6.07, 6.45) is 1.62. The molecule has 1 aromatic carbocycles. The summed E-state index contributed by atoms with van der Waals surface area (Å²) in [5.74, 6) is 0.109. The van der Waals surface area contributed by atoms with E-state index in [-0.39, 0.29) is 5.82 Å². The smallest absolute Gasteiger partial charge is 0.127 e. The lowest BCUT2D eigenvalue weighted by Gasteiger charge is -2.05. The molecule has 0 aliphatic rings. The molecular formula is C10H11ClFNO. The molecule has 14 heavy (non-hydrogen) atoms. The van der Waals surface area contributed by atoms with E-state index in [9.17, 15) is 4.39 Å². The Bertz CT molecular complexity index is 328. The summed E-state index contributed by atoms with van der Waals surface area (Å²) in [6.45, 7) is 0.608. The summed E-state index contributed by atoms with van der Waals surface area (Å²) < 4.78 is 18.1. The van der Waals surface area contributed by atoms with Gasteiger partial charge in [-0.3, -0.25) is 0 Å². The third kappa shape index (κ3) is 3.36. The van der Waals surface area contributed by atoms with Gasteiger partial charge in [-0.25, -0.2) is 4.39 Å².